The largest absolute Gasteiger partial charge is 0.496 e. The van der Waals surface area contributed by atoms with Gasteiger partial charge in [-0.3, -0.25) is 0 Å². The molecule has 2 nitrogen and oxygen atoms in total. The van der Waals surface area contributed by atoms with Crippen LogP contribution >= 0.6 is 11.8 Å². The van der Waals surface area contributed by atoms with Crippen molar-refractivity contribution < 1.29 is 4.74 Å². The predicted octanol–water partition coefficient (Wildman–Crippen LogP) is 3.27. The topological polar surface area (TPSA) is 21.3 Å². The minimum absolute atomic E-state index is 0.750. The molecule has 0 amide bonds. The van der Waals surface area contributed by atoms with Crippen LogP contribution in [0.4, 0.5) is 0 Å². The molecule has 1 aromatic carbocycles. The monoisotopic (exact) mass is 265 g/mol. The minimum atomic E-state index is 0.750. The van der Waals surface area contributed by atoms with E-state index in [9.17, 15) is 0 Å². The van der Waals surface area contributed by atoms with Gasteiger partial charge in [0.15, 0.2) is 0 Å². The van der Waals surface area contributed by atoms with Gasteiger partial charge in [-0.1, -0.05) is 6.07 Å². The van der Waals surface area contributed by atoms with Crippen molar-refractivity contribution in [2.45, 2.75) is 31.1 Å². The smallest absolute Gasteiger partial charge is 0.126 e. The second kappa shape index (κ2) is 6.48. The molecule has 0 radical (unpaired) electrons. The minimum Gasteiger partial charge on any atom is -0.496 e. The lowest BCUT2D eigenvalue weighted by Gasteiger charge is -2.25. The van der Waals surface area contributed by atoms with Crippen molar-refractivity contribution in [1.82, 2.24) is 5.32 Å². The number of thioether (sulfide) groups is 1. The van der Waals surface area contributed by atoms with Gasteiger partial charge in [0.2, 0.25) is 0 Å². The van der Waals surface area contributed by atoms with E-state index in [4.69, 9.17) is 4.74 Å². The third kappa shape index (κ3) is 3.01. The standard InChI is InChI=1S/C15H23NOS/c1-11-6-7-14(18-3)13(15(11)17-2)9-12-5-4-8-16-10-12/h6-7,12,16H,4-5,8-10H2,1-3H3. The first-order valence-electron chi connectivity index (χ1n) is 6.67. The Hall–Kier alpha value is -0.670. The zero-order chi connectivity index (χ0) is 13.0. The molecule has 1 atom stereocenters. The lowest BCUT2D eigenvalue weighted by atomic mass is 9.91. The van der Waals surface area contributed by atoms with Crippen LogP contribution in [-0.4, -0.2) is 26.5 Å². The number of piperidine rings is 1. The predicted molar refractivity (Wildman–Crippen MR) is 78.8 cm³/mol. The van der Waals surface area contributed by atoms with Crippen LogP contribution in [0, 0.1) is 12.8 Å². The number of methoxy groups -OCH3 is 1. The van der Waals surface area contributed by atoms with Crippen molar-refractivity contribution in [3.05, 3.63) is 23.3 Å². The molecule has 2 rings (SSSR count). The summed E-state index contributed by atoms with van der Waals surface area (Å²) in [5, 5.41) is 3.50. The highest BCUT2D eigenvalue weighted by Gasteiger charge is 2.19. The summed E-state index contributed by atoms with van der Waals surface area (Å²) in [4.78, 5) is 1.36. The second-order valence-corrected chi connectivity index (χ2v) is 5.86. The Morgan fingerprint density at radius 1 is 1.44 bits per heavy atom. The summed E-state index contributed by atoms with van der Waals surface area (Å²) in [6.07, 6.45) is 5.91. The maximum atomic E-state index is 5.63. The van der Waals surface area contributed by atoms with Crippen molar-refractivity contribution in [2.24, 2.45) is 5.92 Å². The summed E-state index contributed by atoms with van der Waals surface area (Å²) in [6, 6.07) is 4.39. The SMILES string of the molecule is COc1c(C)ccc(SC)c1CC1CCCNC1. The molecule has 1 saturated heterocycles. The number of hydrogen-bond donors (Lipinski definition) is 1. The average molecular weight is 265 g/mol. The summed E-state index contributed by atoms with van der Waals surface area (Å²) < 4.78 is 5.63. The van der Waals surface area contributed by atoms with Gasteiger partial charge in [0.25, 0.3) is 0 Å². The molecule has 0 aliphatic carbocycles. The van der Waals surface area contributed by atoms with Crippen LogP contribution in [0.5, 0.6) is 5.75 Å². The number of aryl methyl sites for hydroxylation is 1. The van der Waals surface area contributed by atoms with Crippen molar-refractivity contribution in [3.63, 3.8) is 0 Å². The molecule has 1 aliphatic rings. The molecule has 0 saturated carbocycles. The molecule has 0 aromatic heterocycles. The molecule has 0 spiro atoms. The van der Waals surface area contributed by atoms with Gasteiger partial charge in [-0.05, 0) is 63.1 Å². The molecule has 1 heterocycles. The maximum Gasteiger partial charge on any atom is 0.126 e. The first-order valence-corrected chi connectivity index (χ1v) is 7.90. The fourth-order valence-corrected chi connectivity index (χ4v) is 3.41. The van der Waals surface area contributed by atoms with Crippen molar-refractivity contribution in [3.8, 4) is 5.75 Å². The van der Waals surface area contributed by atoms with E-state index < -0.39 is 0 Å². The number of nitrogens with one attached hydrogen (secondary N) is 1. The van der Waals surface area contributed by atoms with Crippen LogP contribution in [0.3, 0.4) is 0 Å². The van der Waals surface area contributed by atoms with Crippen molar-refractivity contribution >= 4 is 11.8 Å². The maximum absolute atomic E-state index is 5.63. The van der Waals surface area contributed by atoms with Gasteiger partial charge >= 0.3 is 0 Å². The van der Waals surface area contributed by atoms with E-state index in [1.165, 1.54) is 35.4 Å². The highest BCUT2D eigenvalue weighted by atomic mass is 32.2. The first kappa shape index (κ1) is 13.8. The van der Waals surface area contributed by atoms with E-state index in [-0.39, 0.29) is 0 Å². The van der Waals surface area contributed by atoms with Gasteiger partial charge in [-0.15, -0.1) is 11.8 Å². The van der Waals surface area contributed by atoms with E-state index in [2.05, 4.69) is 30.6 Å². The van der Waals surface area contributed by atoms with Crippen LogP contribution in [0.25, 0.3) is 0 Å². The van der Waals surface area contributed by atoms with E-state index in [0.29, 0.717) is 0 Å². The summed E-state index contributed by atoms with van der Waals surface area (Å²) in [5.41, 5.74) is 2.65. The summed E-state index contributed by atoms with van der Waals surface area (Å²) in [5.74, 6) is 1.84. The Bertz CT molecular complexity index is 400. The van der Waals surface area contributed by atoms with Gasteiger partial charge in [0.05, 0.1) is 7.11 Å². The van der Waals surface area contributed by atoms with Gasteiger partial charge in [0, 0.05) is 10.5 Å². The average Bonchev–Trinajstić information content (AvgIpc) is 2.40. The Kier molecular flexibility index (Phi) is 4.95. The molecule has 1 unspecified atom stereocenters. The molecule has 1 N–H and O–H groups in total. The molecule has 1 aliphatic heterocycles. The van der Waals surface area contributed by atoms with E-state index >= 15 is 0 Å². The molecule has 18 heavy (non-hydrogen) atoms. The summed E-state index contributed by atoms with van der Waals surface area (Å²) in [6.45, 7) is 4.45. The fraction of sp³-hybridized carbons (Fsp3) is 0.600. The summed E-state index contributed by atoms with van der Waals surface area (Å²) >= 11 is 1.82. The first-order chi connectivity index (χ1) is 8.76. The van der Waals surface area contributed by atoms with Gasteiger partial charge < -0.3 is 10.1 Å². The molecule has 100 valence electrons. The van der Waals surface area contributed by atoms with E-state index in [0.717, 1.165) is 24.6 Å². The number of rotatable bonds is 4. The zero-order valence-corrected chi connectivity index (χ0v) is 12.4. The zero-order valence-electron chi connectivity index (χ0n) is 11.6. The number of benzene rings is 1. The second-order valence-electron chi connectivity index (χ2n) is 5.01. The fourth-order valence-electron chi connectivity index (χ4n) is 2.78. The van der Waals surface area contributed by atoms with Crippen LogP contribution < -0.4 is 10.1 Å². The third-order valence-electron chi connectivity index (χ3n) is 3.73. The quantitative estimate of drug-likeness (QED) is 0.844. The van der Waals surface area contributed by atoms with Crippen molar-refractivity contribution in [1.29, 1.82) is 0 Å². The van der Waals surface area contributed by atoms with Gasteiger partial charge in [-0.2, -0.15) is 0 Å². The van der Waals surface area contributed by atoms with Crippen LogP contribution in [-0.2, 0) is 6.42 Å². The van der Waals surface area contributed by atoms with Gasteiger partial charge in [-0.25, -0.2) is 0 Å². The Morgan fingerprint density at radius 3 is 2.89 bits per heavy atom. The van der Waals surface area contributed by atoms with Crippen LogP contribution in [0.1, 0.15) is 24.0 Å². The normalized spacial score (nSPS) is 19.8. The molecule has 1 aromatic rings. The highest BCUT2D eigenvalue weighted by molar-refractivity contribution is 7.98. The van der Waals surface area contributed by atoms with Gasteiger partial charge in [0.1, 0.15) is 5.75 Å². The summed E-state index contributed by atoms with van der Waals surface area (Å²) in [7, 11) is 1.79. The third-order valence-corrected chi connectivity index (χ3v) is 4.55. The Balaban J connectivity index is 2.25. The van der Waals surface area contributed by atoms with Crippen LogP contribution in [0.2, 0.25) is 0 Å². The number of hydrogen-bond acceptors (Lipinski definition) is 3. The molecular weight excluding hydrogens is 242 g/mol. The Labute approximate surface area is 114 Å². The van der Waals surface area contributed by atoms with E-state index in [1.807, 2.05) is 11.8 Å². The lowest BCUT2D eigenvalue weighted by molar-refractivity contribution is 0.361. The molecular formula is C15H23NOS. The number of ether oxygens (including phenoxy) is 1. The molecule has 1 fully saturated rings. The van der Waals surface area contributed by atoms with Crippen LogP contribution in [0.15, 0.2) is 17.0 Å². The van der Waals surface area contributed by atoms with E-state index in [1.54, 1.807) is 7.11 Å². The lowest BCUT2D eigenvalue weighted by Crippen LogP contribution is -2.31. The highest BCUT2D eigenvalue weighted by Crippen LogP contribution is 2.34. The van der Waals surface area contributed by atoms with Crippen molar-refractivity contribution in [2.75, 3.05) is 26.5 Å². The Morgan fingerprint density at radius 2 is 2.28 bits per heavy atom. The molecule has 0 bridgehead atoms. The molecule has 3 heteroatoms.